The van der Waals surface area contributed by atoms with Gasteiger partial charge in [-0.2, -0.15) is 5.10 Å². The summed E-state index contributed by atoms with van der Waals surface area (Å²) in [6.07, 6.45) is 4.26. The zero-order valence-corrected chi connectivity index (χ0v) is 11.7. The second kappa shape index (κ2) is 7.07. The van der Waals surface area contributed by atoms with Gasteiger partial charge >= 0.3 is 5.97 Å². The molecule has 106 valence electrons. The normalized spacial score (nSPS) is 10.7. The average Bonchev–Trinajstić information content (AvgIpc) is 2.91. The number of carbonyl (C=O) groups is 1. The second-order valence-corrected chi connectivity index (χ2v) is 4.78. The number of aromatic nitrogens is 2. The zero-order chi connectivity index (χ0) is 14.4. The molecule has 20 heavy (non-hydrogen) atoms. The van der Waals surface area contributed by atoms with Crippen LogP contribution < -0.4 is 4.84 Å². The fraction of sp³-hybridized carbons (Fsp3) is 0.286. The molecule has 2 N–H and O–H groups in total. The van der Waals surface area contributed by atoms with Crippen LogP contribution in [0.1, 0.15) is 23.1 Å². The van der Waals surface area contributed by atoms with Crippen LogP contribution in [0.2, 0.25) is 0 Å². The fourth-order valence-electron chi connectivity index (χ4n) is 2.08. The Bertz CT molecular complexity index is 570. The largest absolute Gasteiger partial charge is 0.481 e. The van der Waals surface area contributed by atoms with Gasteiger partial charge in [0.2, 0.25) is 0 Å². The van der Waals surface area contributed by atoms with E-state index >= 15 is 0 Å². The molecular formula is C14H16ClN3O2. The third-order valence-corrected chi connectivity index (χ3v) is 3.17. The number of benzene rings is 1. The minimum absolute atomic E-state index is 0.119. The van der Waals surface area contributed by atoms with Crippen molar-refractivity contribution in [2.75, 3.05) is 0 Å². The fourth-order valence-corrected chi connectivity index (χ4v) is 2.22. The molecule has 0 unspecified atom stereocenters. The molecular weight excluding hydrogens is 278 g/mol. The number of nitrogens with one attached hydrogen (secondary N) is 1. The van der Waals surface area contributed by atoms with Gasteiger partial charge in [0.1, 0.15) is 0 Å². The van der Waals surface area contributed by atoms with E-state index in [-0.39, 0.29) is 6.42 Å². The van der Waals surface area contributed by atoms with Gasteiger partial charge in [-0.3, -0.25) is 9.48 Å². The lowest BCUT2D eigenvalue weighted by Gasteiger charge is -2.11. The summed E-state index contributed by atoms with van der Waals surface area (Å²) >= 11 is 5.58. The van der Waals surface area contributed by atoms with Crippen LogP contribution in [0.3, 0.4) is 0 Å². The molecule has 2 rings (SSSR count). The first kappa shape index (κ1) is 14.6. The monoisotopic (exact) mass is 293 g/mol. The molecule has 0 atom stereocenters. The van der Waals surface area contributed by atoms with Crippen LogP contribution in [0.4, 0.5) is 0 Å². The molecule has 0 saturated heterocycles. The van der Waals surface area contributed by atoms with Crippen molar-refractivity contribution in [2.24, 2.45) is 0 Å². The number of aliphatic carboxylic acids is 1. The standard InChI is InChI=1S/C14H16ClN3O2/c15-16-9-13-8-11(10-18-7-1-6-17-18)2-3-12(13)4-5-14(19)20/h1-3,6-8,16H,4-5,9-10H2,(H,19,20). The lowest BCUT2D eigenvalue weighted by Crippen LogP contribution is -2.07. The smallest absolute Gasteiger partial charge is 0.303 e. The number of carboxylic acid groups (broad SMARTS) is 1. The number of carboxylic acids is 1. The van der Waals surface area contributed by atoms with E-state index in [1.165, 1.54) is 0 Å². The van der Waals surface area contributed by atoms with Crippen LogP contribution in [0, 0.1) is 0 Å². The Balaban J connectivity index is 2.15. The number of hydrogen-bond acceptors (Lipinski definition) is 3. The molecule has 0 bridgehead atoms. The van der Waals surface area contributed by atoms with E-state index in [0.29, 0.717) is 19.5 Å². The van der Waals surface area contributed by atoms with Gasteiger partial charge in [-0.1, -0.05) is 18.2 Å². The van der Waals surface area contributed by atoms with Gasteiger partial charge in [0.05, 0.1) is 6.54 Å². The van der Waals surface area contributed by atoms with E-state index in [2.05, 4.69) is 9.93 Å². The lowest BCUT2D eigenvalue weighted by atomic mass is 10.00. The van der Waals surface area contributed by atoms with Gasteiger partial charge in [-0.15, -0.1) is 0 Å². The first-order valence-electron chi connectivity index (χ1n) is 6.32. The van der Waals surface area contributed by atoms with Crippen molar-refractivity contribution < 1.29 is 9.90 Å². The van der Waals surface area contributed by atoms with E-state index in [9.17, 15) is 4.79 Å². The van der Waals surface area contributed by atoms with Crippen LogP contribution >= 0.6 is 11.8 Å². The second-order valence-electron chi connectivity index (χ2n) is 4.51. The number of hydrogen-bond donors (Lipinski definition) is 2. The molecule has 6 heteroatoms. The Kier molecular flexibility index (Phi) is 5.15. The molecule has 1 heterocycles. The highest BCUT2D eigenvalue weighted by atomic mass is 35.5. The van der Waals surface area contributed by atoms with Gasteiger partial charge in [-0.05, 0) is 41.0 Å². The van der Waals surface area contributed by atoms with Gasteiger partial charge in [0.15, 0.2) is 0 Å². The van der Waals surface area contributed by atoms with E-state index in [4.69, 9.17) is 16.9 Å². The predicted octanol–water partition coefficient (Wildman–Crippen LogP) is 2.19. The number of nitrogens with zero attached hydrogens (tertiary/aromatic N) is 2. The molecule has 1 aromatic heterocycles. The first-order chi connectivity index (χ1) is 9.69. The maximum absolute atomic E-state index is 10.7. The molecule has 2 aromatic rings. The van der Waals surface area contributed by atoms with Crippen molar-refractivity contribution >= 4 is 17.7 Å². The molecule has 0 amide bonds. The molecule has 5 nitrogen and oxygen atoms in total. The van der Waals surface area contributed by atoms with Crippen molar-refractivity contribution in [2.45, 2.75) is 25.9 Å². The van der Waals surface area contributed by atoms with Crippen LogP contribution in [0.25, 0.3) is 0 Å². The van der Waals surface area contributed by atoms with E-state index in [1.54, 1.807) is 6.20 Å². The number of aryl methyl sites for hydroxylation is 1. The van der Waals surface area contributed by atoms with Crippen LogP contribution in [-0.2, 0) is 24.3 Å². The van der Waals surface area contributed by atoms with Crippen molar-refractivity contribution in [3.8, 4) is 0 Å². The maximum atomic E-state index is 10.7. The summed E-state index contributed by atoms with van der Waals surface area (Å²) in [5.74, 6) is -0.796. The third-order valence-electron chi connectivity index (χ3n) is 3.04. The molecule has 0 saturated carbocycles. The third kappa shape index (κ3) is 4.08. The van der Waals surface area contributed by atoms with Crippen molar-refractivity contribution in [3.63, 3.8) is 0 Å². The zero-order valence-electron chi connectivity index (χ0n) is 10.9. The van der Waals surface area contributed by atoms with Gasteiger partial charge in [0.25, 0.3) is 0 Å². The van der Waals surface area contributed by atoms with Gasteiger partial charge in [0, 0.05) is 25.4 Å². The summed E-state index contributed by atoms with van der Waals surface area (Å²) in [6.45, 7) is 1.19. The SMILES string of the molecule is O=C(O)CCc1ccc(Cn2cccn2)cc1CNCl. The highest BCUT2D eigenvalue weighted by Crippen LogP contribution is 2.15. The highest BCUT2D eigenvalue weighted by Gasteiger charge is 2.07. The topological polar surface area (TPSA) is 67.1 Å². The first-order valence-corrected chi connectivity index (χ1v) is 6.70. The lowest BCUT2D eigenvalue weighted by molar-refractivity contribution is -0.136. The number of rotatable bonds is 7. The quantitative estimate of drug-likeness (QED) is 0.768. The molecule has 0 aliphatic rings. The van der Waals surface area contributed by atoms with Gasteiger partial charge in [-0.25, -0.2) is 4.84 Å². The Hall–Kier alpha value is -1.85. The van der Waals surface area contributed by atoms with Crippen molar-refractivity contribution in [3.05, 3.63) is 53.3 Å². The summed E-state index contributed by atoms with van der Waals surface area (Å²) < 4.78 is 1.84. The van der Waals surface area contributed by atoms with E-state index in [1.807, 2.05) is 35.1 Å². The summed E-state index contributed by atoms with van der Waals surface area (Å²) in [4.78, 5) is 13.3. The van der Waals surface area contributed by atoms with E-state index < -0.39 is 5.97 Å². The number of halogens is 1. The van der Waals surface area contributed by atoms with E-state index in [0.717, 1.165) is 16.7 Å². The van der Waals surface area contributed by atoms with Crippen LogP contribution in [0.5, 0.6) is 0 Å². The summed E-state index contributed by atoms with van der Waals surface area (Å²) in [7, 11) is 0. The van der Waals surface area contributed by atoms with Crippen molar-refractivity contribution in [1.82, 2.24) is 14.6 Å². The average molecular weight is 294 g/mol. The van der Waals surface area contributed by atoms with Crippen molar-refractivity contribution in [1.29, 1.82) is 0 Å². The van der Waals surface area contributed by atoms with Gasteiger partial charge < -0.3 is 5.11 Å². The minimum atomic E-state index is -0.796. The molecule has 0 aliphatic carbocycles. The predicted molar refractivity (Wildman–Crippen MR) is 76.4 cm³/mol. The Morgan fingerprint density at radius 3 is 2.90 bits per heavy atom. The summed E-state index contributed by atoms with van der Waals surface area (Å²) in [6, 6.07) is 7.87. The highest BCUT2D eigenvalue weighted by molar-refractivity contribution is 6.13. The minimum Gasteiger partial charge on any atom is -0.481 e. The summed E-state index contributed by atoms with van der Waals surface area (Å²) in [5.41, 5.74) is 3.13. The molecule has 0 radical (unpaired) electrons. The Morgan fingerprint density at radius 1 is 1.40 bits per heavy atom. The molecule has 1 aromatic carbocycles. The Labute approximate surface area is 122 Å². The van der Waals surface area contributed by atoms with Crippen LogP contribution in [0.15, 0.2) is 36.7 Å². The summed E-state index contributed by atoms with van der Waals surface area (Å²) in [5, 5.41) is 12.9. The maximum Gasteiger partial charge on any atom is 0.303 e. The molecule has 0 fully saturated rings. The Morgan fingerprint density at radius 2 is 2.25 bits per heavy atom. The van der Waals surface area contributed by atoms with Crippen LogP contribution in [-0.4, -0.2) is 20.9 Å². The molecule has 0 aliphatic heterocycles. The molecule has 0 spiro atoms.